The Labute approximate surface area is 87.1 Å². The lowest BCUT2D eigenvalue weighted by Crippen LogP contribution is -2.20. The first-order chi connectivity index (χ1) is 6.46. The number of hydrogen-bond acceptors (Lipinski definition) is 2. The Bertz CT molecular complexity index is 340. The molecule has 0 saturated carbocycles. The summed E-state index contributed by atoms with van der Waals surface area (Å²) >= 11 is 0. The molecular weight excluding hydrogens is 176 g/mol. The van der Waals surface area contributed by atoms with Crippen LogP contribution >= 0.6 is 0 Å². The Morgan fingerprint density at radius 3 is 2.43 bits per heavy atom. The molecule has 0 amide bonds. The van der Waals surface area contributed by atoms with Gasteiger partial charge in [-0.05, 0) is 12.1 Å². The molecule has 0 fully saturated rings. The van der Waals surface area contributed by atoms with Crippen molar-refractivity contribution in [1.82, 2.24) is 0 Å². The Hall–Kier alpha value is -1.31. The summed E-state index contributed by atoms with van der Waals surface area (Å²) in [5.41, 5.74) is 0.0178. The van der Waals surface area contributed by atoms with E-state index in [1.54, 1.807) is 24.3 Å². The third kappa shape index (κ3) is 2.59. The second kappa shape index (κ2) is 4.27. The zero-order valence-corrected chi connectivity index (χ0v) is 8.13. The van der Waals surface area contributed by atoms with E-state index in [9.17, 15) is 4.79 Å². The van der Waals surface area contributed by atoms with E-state index in [2.05, 4.69) is 5.11 Å². The number of carbonyl (C=O) groups is 1. The topological polar surface area (TPSA) is 37.3 Å². The first-order valence-electron chi connectivity index (χ1n) is 4.64. The largest absolute Gasteiger partial charge is 0.507 e. The summed E-state index contributed by atoms with van der Waals surface area (Å²) in [5, 5.41) is 4.39. The molecule has 1 aromatic rings. The maximum atomic E-state index is 11.9. The van der Waals surface area contributed by atoms with Crippen LogP contribution in [0.5, 0.6) is 5.75 Å². The molecule has 0 aliphatic rings. The van der Waals surface area contributed by atoms with Crippen LogP contribution in [0.2, 0.25) is 0 Å². The number of ketones is 1. The highest BCUT2D eigenvalue weighted by molar-refractivity contribution is 6.01. The average molecular weight is 196 g/mol. The van der Waals surface area contributed by atoms with Gasteiger partial charge in [-0.3, -0.25) is 4.79 Å². The second-order valence-corrected chi connectivity index (χ2v) is 4.08. The van der Waals surface area contributed by atoms with Crippen LogP contribution in [0.3, 0.4) is 0 Å². The van der Waals surface area contributed by atoms with Gasteiger partial charge < -0.3 is 5.11 Å². The van der Waals surface area contributed by atoms with Crippen LogP contribution in [0.4, 0.5) is 0 Å². The molecule has 2 nitrogen and oxygen atoms in total. The molecule has 0 unspecified atom stereocenters. The Balaban J connectivity index is 0.00000196. The molecule has 14 heavy (non-hydrogen) atoms. The highest BCUT2D eigenvalue weighted by Gasteiger charge is 2.24. The molecule has 1 rings (SSSR count). The van der Waals surface area contributed by atoms with Crippen molar-refractivity contribution in [2.75, 3.05) is 0 Å². The number of rotatable bonds is 2. The van der Waals surface area contributed by atoms with Crippen molar-refractivity contribution in [3.8, 4) is 5.75 Å². The fraction of sp³-hybridized carbons (Fsp3) is 0.417. The van der Waals surface area contributed by atoms with Crippen LogP contribution < -0.4 is 0 Å². The van der Waals surface area contributed by atoms with Crippen LogP contribution in [0, 0.1) is 5.41 Å². The average Bonchev–Trinajstić information content (AvgIpc) is 2.15. The fourth-order valence-electron chi connectivity index (χ4n) is 1.06. The van der Waals surface area contributed by atoms with E-state index >= 15 is 0 Å². The zero-order chi connectivity index (χ0) is 10.8. The molecule has 0 spiro atoms. The number of phenols is 1. The van der Waals surface area contributed by atoms with E-state index in [1.807, 2.05) is 20.8 Å². The predicted octanol–water partition coefficient (Wildman–Crippen LogP) is 3.26. The minimum absolute atomic E-state index is 0. The molecule has 0 radical (unpaired) electrons. The molecule has 0 aromatic heterocycles. The van der Waals surface area contributed by atoms with E-state index < -0.39 is 5.41 Å². The molecule has 0 bridgehead atoms. The van der Waals surface area contributed by atoms with Crippen LogP contribution in [0.15, 0.2) is 24.3 Å². The van der Waals surface area contributed by atoms with Crippen molar-refractivity contribution in [2.45, 2.75) is 28.2 Å². The third-order valence-electron chi connectivity index (χ3n) is 1.81. The molecule has 1 N–H and O–H groups in total. The van der Waals surface area contributed by atoms with Gasteiger partial charge in [0.2, 0.25) is 0 Å². The summed E-state index contributed by atoms with van der Waals surface area (Å²) in [5.74, 6) is 0.299. The maximum Gasteiger partial charge on any atom is 0.293 e. The number of phenolic OH excluding ortho intramolecular Hbond substituents is 1. The van der Waals surface area contributed by atoms with Crippen LogP contribution in [0.25, 0.3) is 0 Å². The molecular formula is C12H18O2. The lowest BCUT2D eigenvalue weighted by molar-refractivity contribution is 0.0855. The number of benzene rings is 1. The summed E-state index contributed by atoms with van der Waals surface area (Å²) in [6.45, 7) is 5.53. The molecule has 0 heterocycles. The summed E-state index contributed by atoms with van der Waals surface area (Å²) in [6, 6.07) is 6.80. The molecule has 0 aliphatic heterocycles. The van der Waals surface area contributed by atoms with Gasteiger partial charge in [-0.1, -0.05) is 40.3 Å². The van der Waals surface area contributed by atoms with E-state index in [4.69, 9.17) is 1.43 Å². The normalized spacial score (nSPS) is 11.2. The number of para-hydroxylation sites is 1. The Morgan fingerprint density at radius 2 is 1.93 bits per heavy atom. The van der Waals surface area contributed by atoms with Crippen molar-refractivity contribution >= 4 is 5.78 Å². The quantitative estimate of drug-likeness (QED) is 0.737. The lowest BCUT2D eigenvalue weighted by atomic mass is 9.86. The van der Waals surface area contributed by atoms with Crippen LogP contribution in [-0.2, 0) is 0 Å². The van der Waals surface area contributed by atoms with Gasteiger partial charge in [0.05, 0.1) is 5.56 Å². The summed E-state index contributed by atoms with van der Waals surface area (Å²) in [4.78, 5) is 11.9. The number of aromatic hydroxyl groups is 1. The Kier molecular flexibility index (Phi) is 3.28. The third-order valence-corrected chi connectivity index (χ3v) is 1.81. The van der Waals surface area contributed by atoms with Gasteiger partial charge >= 0.3 is 0 Å². The summed E-state index contributed by atoms with van der Waals surface area (Å²) < 4.78 is 6.83. The van der Waals surface area contributed by atoms with E-state index in [1.165, 1.54) is 0 Å². The smallest absolute Gasteiger partial charge is 0.293 e. The lowest BCUT2D eigenvalue weighted by Gasteiger charge is -2.16. The van der Waals surface area contributed by atoms with Gasteiger partial charge in [-0.25, -0.2) is 0 Å². The molecule has 0 saturated heterocycles. The molecule has 78 valence electrons. The summed E-state index contributed by atoms with van der Waals surface area (Å²) in [7, 11) is 0. The van der Waals surface area contributed by atoms with E-state index in [-0.39, 0.29) is 13.2 Å². The van der Waals surface area contributed by atoms with E-state index in [0.717, 1.165) is 0 Å². The minimum Gasteiger partial charge on any atom is -0.507 e. The minimum atomic E-state index is -0.450. The highest BCUT2D eigenvalue weighted by Crippen LogP contribution is 2.25. The Morgan fingerprint density at radius 1 is 1.36 bits per heavy atom. The van der Waals surface area contributed by atoms with E-state index in [0.29, 0.717) is 11.3 Å². The van der Waals surface area contributed by atoms with Gasteiger partial charge in [-0.15, -0.1) is 0 Å². The molecule has 2 heteroatoms. The number of carbonyl (C=O) groups excluding carboxylic acids is 1. The van der Waals surface area contributed by atoms with Gasteiger partial charge in [0.15, 0.2) is 5.78 Å². The van der Waals surface area contributed by atoms with Crippen molar-refractivity contribution in [1.29, 1.82) is 1.43 Å². The predicted molar refractivity (Wildman–Crippen MR) is 58.6 cm³/mol. The number of Topliss-reactive ketones (excluding diaryl/α,β-unsaturated/α-hetero) is 1. The molecule has 0 aliphatic carbocycles. The first-order valence-corrected chi connectivity index (χ1v) is 4.24. The second-order valence-electron chi connectivity index (χ2n) is 4.08. The monoisotopic (exact) mass is 196 g/mol. The van der Waals surface area contributed by atoms with Gasteiger partial charge in [-0.2, -0.15) is 0 Å². The van der Waals surface area contributed by atoms with Gasteiger partial charge in [0.1, 0.15) is 5.75 Å². The van der Waals surface area contributed by atoms with Crippen molar-refractivity contribution in [2.24, 2.45) is 5.41 Å². The summed E-state index contributed by atoms with van der Waals surface area (Å²) in [6.07, 6.45) is 0. The molecule has 0 atom stereocenters. The van der Waals surface area contributed by atoms with Crippen LogP contribution in [0.1, 0.15) is 38.6 Å². The van der Waals surface area contributed by atoms with Crippen LogP contribution in [-0.4, -0.2) is 12.3 Å². The van der Waals surface area contributed by atoms with Crippen molar-refractivity contribution in [3.05, 3.63) is 29.8 Å². The number of hydrogen-bond donors (Lipinski definition) is 1. The highest BCUT2D eigenvalue weighted by atomic mass is 16.3. The van der Waals surface area contributed by atoms with Gasteiger partial charge in [0.25, 0.3) is 1.43 Å². The first kappa shape index (κ1) is 10.8. The molecule has 1 aromatic carbocycles. The van der Waals surface area contributed by atoms with Crippen molar-refractivity contribution < 1.29 is 9.90 Å². The SMILES string of the molecule is C.[3H]Oc1ccccc1C(=O)C(C)(C)C. The standard InChI is InChI=1S/C11H14O2.CH4/c1-11(2,3)10(13)8-6-4-5-7-9(8)12;/h4-7,12H,1-3H3;1H4/i/hT. The van der Waals surface area contributed by atoms with Crippen molar-refractivity contribution in [3.63, 3.8) is 0 Å². The maximum absolute atomic E-state index is 11.9. The zero-order valence-electron chi connectivity index (χ0n) is 9.13. The fourth-order valence-corrected chi connectivity index (χ4v) is 1.06. The van der Waals surface area contributed by atoms with Gasteiger partial charge in [0, 0.05) is 5.41 Å².